The van der Waals surface area contributed by atoms with E-state index in [0.29, 0.717) is 12.0 Å². The maximum Gasteiger partial charge on any atom is 0.196 e. The summed E-state index contributed by atoms with van der Waals surface area (Å²) in [7, 11) is 3.44. The van der Waals surface area contributed by atoms with Gasteiger partial charge >= 0.3 is 0 Å². The Morgan fingerprint density at radius 1 is 1.00 bits per heavy atom. The van der Waals surface area contributed by atoms with E-state index in [0.717, 1.165) is 5.71 Å². The number of methoxy groups -OCH3 is 2. The van der Waals surface area contributed by atoms with Gasteiger partial charge < -0.3 is 9.47 Å². The molecule has 0 bridgehead atoms. The number of nitrogens with zero attached hydrogens (tertiary/aromatic N) is 1. The second kappa shape index (κ2) is 10.3. The predicted octanol–water partition coefficient (Wildman–Crippen LogP) is 4.60. The van der Waals surface area contributed by atoms with Crippen molar-refractivity contribution in [2.45, 2.75) is 84.0 Å². The van der Waals surface area contributed by atoms with Crippen molar-refractivity contribution in [3.63, 3.8) is 0 Å². The van der Waals surface area contributed by atoms with E-state index in [2.05, 4.69) is 13.8 Å². The summed E-state index contributed by atoms with van der Waals surface area (Å²) >= 11 is 0. The van der Waals surface area contributed by atoms with Crippen molar-refractivity contribution < 1.29 is 9.47 Å². The highest BCUT2D eigenvalue weighted by Gasteiger charge is 2.25. The lowest BCUT2D eigenvalue weighted by Gasteiger charge is -2.27. The van der Waals surface area contributed by atoms with Gasteiger partial charge in [0.2, 0.25) is 0 Å². The SMILES string of the molecule is CCCC(CCC)C(=NC1CCCCC1)C(OC)OC. The summed E-state index contributed by atoms with van der Waals surface area (Å²) in [6.45, 7) is 4.49. The van der Waals surface area contributed by atoms with Crippen LogP contribution in [-0.4, -0.2) is 32.3 Å². The van der Waals surface area contributed by atoms with Crippen LogP contribution < -0.4 is 0 Å². The highest BCUT2D eigenvalue weighted by atomic mass is 16.7. The smallest absolute Gasteiger partial charge is 0.196 e. The Balaban J connectivity index is 2.88. The number of hydrogen-bond donors (Lipinski definition) is 0. The Labute approximate surface area is 125 Å². The summed E-state index contributed by atoms with van der Waals surface area (Å²) in [5.41, 5.74) is 1.16. The van der Waals surface area contributed by atoms with Crippen LogP contribution in [-0.2, 0) is 9.47 Å². The molecule has 20 heavy (non-hydrogen) atoms. The molecule has 0 unspecified atom stereocenters. The van der Waals surface area contributed by atoms with Crippen LogP contribution >= 0.6 is 0 Å². The lowest BCUT2D eigenvalue weighted by molar-refractivity contribution is -0.0555. The van der Waals surface area contributed by atoms with Crippen LogP contribution in [0.5, 0.6) is 0 Å². The third kappa shape index (κ3) is 5.53. The molecule has 3 nitrogen and oxygen atoms in total. The van der Waals surface area contributed by atoms with Crippen molar-refractivity contribution in [3.8, 4) is 0 Å². The summed E-state index contributed by atoms with van der Waals surface area (Å²) in [6, 6.07) is 0.489. The van der Waals surface area contributed by atoms with Crippen LogP contribution in [0.3, 0.4) is 0 Å². The average Bonchev–Trinajstić information content (AvgIpc) is 2.48. The Morgan fingerprint density at radius 2 is 1.55 bits per heavy atom. The minimum Gasteiger partial charge on any atom is -0.351 e. The van der Waals surface area contributed by atoms with Crippen molar-refractivity contribution in [1.29, 1.82) is 0 Å². The molecule has 1 rings (SSSR count). The fourth-order valence-corrected chi connectivity index (χ4v) is 3.25. The molecule has 1 saturated carbocycles. The van der Waals surface area contributed by atoms with E-state index in [9.17, 15) is 0 Å². The normalized spacial score (nSPS) is 18.2. The molecule has 0 heterocycles. The Kier molecular flexibility index (Phi) is 9.12. The van der Waals surface area contributed by atoms with Gasteiger partial charge in [-0.25, -0.2) is 0 Å². The monoisotopic (exact) mass is 283 g/mol. The zero-order valence-corrected chi connectivity index (χ0v) is 13.9. The van der Waals surface area contributed by atoms with Crippen molar-refractivity contribution in [1.82, 2.24) is 0 Å². The zero-order valence-electron chi connectivity index (χ0n) is 13.9. The summed E-state index contributed by atoms with van der Waals surface area (Å²) in [5.74, 6) is 0.511. The van der Waals surface area contributed by atoms with Gasteiger partial charge in [-0.1, -0.05) is 46.0 Å². The molecule has 0 aliphatic heterocycles. The average molecular weight is 283 g/mol. The van der Waals surface area contributed by atoms with E-state index in [1.807, 2.05) is 0 Å². The van der Waals surface area contributed by atoms with E-state index in [1.165, 1.54) is 57.8 Å². The van der Waals surface area contributed by atoms with Crippen LogP contribution in [0, 0.1) is 5.92 Å². The first-order valence-corrected chi connectivity index (χ1v) is 8.39. The first-order chi connectivity index (χ1) is 9.76. The van der Waals surface area contributed by atoms with Crippen LogP contribution in [0.1, 0.15) is 71.6 Å². The second-order valence-corrected chi connectivity index (χ2v) is 5.92. The molecule has 1 fully saturated rings. The first kappa shape index (κ1) is 17.6. The second-order valence-electron chi connectivity index (χ2n) is 5.92. The van der Waals surface area contributed by atoms with E-state index in [-0.39, 0.29) is 6.29 Å². The van der Waals surface area contributed by atoms with Crippen molar-refractivity contribution in [3.05, 3.63) is 0 Å². The van der Waals surface area contributed by atoms with Gasteiger partial charge in [-0.05, 0) is 25.7 Å². The highest BCUT2D eigenvalue weighted by molar-refractivity contribution is 5.90. The number of ether oxygens (including phenoxy) is 2. The van der Waals surface area contributed by atoms with Gasteiger partial charge in [0.15, 0.2) is 6.29 Å². The molecule has 118 valence electrons. The van der Waals surface area contributed by atoms with Crippen LogP contribution in [0.25, 0.3) is 0 Å². The molecular weight excluding hydrogens is 250 g/mol. The maximum absolute atomic E-state index is 5.52. The quantitative estimate of drug-likeness (QED) is 0.457. The van der Waals surface area contributed by atoms with Crippen molar-refractivity contribution in [2.75, 3.05) is 14.2 Å². The topological polar surface area (TPSA) is 30.8 Å². The van der Waals surface area contributed by atoms with Gasteiger partial charge in [0.25, 0.3) is 0 Å². The third-order valence-electron chi connectivity index (χ3n) is 4.27. The predicted molar refractivity (Wildman–Crippen MR) is 85.4 cm³/mol. The van der Waals surface area contributed by atoms with Gasteiger partial charge in [0.1, 0.15) is 0 Å². The van der Waals surface area contributed by atoms with Crippen LogP contribution in [0.2, 0.25) is 0 Å². The van der Waals surface area contributed by atoms with Crippen LogP contribution in [0.4, 0.5) is 0 Å². The summed E-state index contributed by atoms with van der Waals surface area (Å²) < 4.78 is 11.0. The lowest BCUT2D eigenvalue weighted by Crippen LogP contribution is -2.33. The molecular formula is C17H33NO2. The summed E-state index contributed by atoms with van der Waals surface area (Å²) in [5, 5.41) is 0. The fourth-order valence-electron chi connectivity index (χ4n) is 3.25. The lowest BCUT2D eigenvalue weighted by atomic mass is 9.90. The van der Waals surface area contributed by atoms with Crippen molar-refractivity contribution in [2.24, 2.45) is 10.9 Å². The van der Waals surface area contributed by atoms with Gasteiger partial charge in [-0.3, -0.25) is 4.99 Å². The van der Waals surface area contributed by atoms with Crippen LogP contribution in [0.15, 0.2) is 4.99 Å². The van der Waals surface area contributed by atoms with E-state index in [1.54, 1.807) is 14.2 Å². The molecule has 0 atom stereocenters. The molecule has 0 aromatic rings. The Hall–Kier alpha value is -0.410. The minimum atomic E-state index is -0.264. The first-order valence-electron chi connectivity index (χ1n) is 8.39. The Morgan fingerprint density at radius 3 is 2.00 bits per heavy atom. The Bertz CT molecular complexity index is 262. The maximum atomic E-state index is 5.52. The molecule has 0 amide bonds. The molecule has 0 aromatic carbocycles. The molecule has 0 spiro atoms. The molecule has 0 N–H and O–H groups in total. The van der Waals surface area contributed by atoms with E-state index in [4.69, 9.17) is 14.5 Å². The number of aliphatic imine (C=N–C) groups is 1. The van der Waals surface area contributed by atoms with Crippen molar-refractivity contribution >= 4 is 5.71 Å². The highest BCUT2D eigenvalue weighted by Crippen LogP contribution is 2.25. The molecule has 1 aliphatic rings. The van der Waals surface area contributed by atoms with Gasteiger partial charge in [-0.15, -0.1) is 0 Å². The van der Waals surface area contributed by atoms with Gasteiger partial charge in [0, 0.05) is 20.1 Å². The summed E-state index contributed by atoms with van der Waals surface area (Å²) in [4.78, 5) is 5.08. The van der Waals surface area contributed by atoms with E-state index >= 15 is 0 Å². The van der Waals surface area contributed by atoms with E-state index < -0.39 is 0 Å². The molecule has 0 radical (unpaired) electrons. The standard InChI is InChI=1S/C17H33NO2/c1-5-10-14(11-6-2)16(17(19-3)20-4)18-15-12-8-7-9-13-15/h14-15,17H,5-13H2,1-4H3. The molecule has 0 saturated heterocycles. The third-order valence-corrected chi connectivity index (χ3v) is 4.27. The van der Waals surface area contributed by atoms with Gasteiger partial charge in [0.05, 0.1) is 11.8 Å². The summed E-state index contributed by atoms with van der Waals surface area (Å²) in [6.07, 6.45) is 10.9. The molecule has 1 aliphatic carbocycles. The largest absolute Gasteiger partial charge is 0.351 e. The number of rotatable bonds is 9. The fraction of sp³-hybridized carbons (Fsp3) is 0.941. The number of hydrogen-bond acceptors (Lipinski definition) is 3. The minimum absolute atomic E-state index is 0.264. The molecule has 3 heteroatoms. The molecule has 0 aromatic heterocycles. The van der Waals surface area contributed by atoms with Gasteiger partial charge in [-0.2, -0.15) is 0 Å². The zero-order chi connectivity index (χ0) is 14.8.